The Bertz CT molecular complexity index is 446. The molecule has 0 aliphatic rings. The first-order valence-electron chi connectivity index (χ1n) is 4.09. The lowest BCUT2D eigenvalue weighted by Gasteiger charge is -2.15. The van der Waals surface area contributed by atoms with Crippen LogP contribution in [0.5, 0.6) is 0 Å². The van der Waals surface area contributed by atoms with Crippen LogP contribution in [0.4, 0.5) is 4.39 Å². The van der Waals surface area contributed by atoms with Gasteiger partial charge in [-0.25, -0.2) is 12.8 Å². The minimum Gasteiger partial charge on any atom is -0.386 e. The van der Waals surface area contributed by atoms with Gasteiger partial charge in [-0.05, 0) is 17.7 Å². The second kappa shape index (κ2) is 4.75. The maximum absolute atomic E-state index is 12.8. The van der Waals surface area contributed by atoms with Crippen molar-refractivity contribution in [3.63, 3.8) is 0 Å². The molecule has 0 bridgehead atoms. The van der Waals surface area contributed by atoms with E-state index in [0.717, 1.165) is 12.3 Å². The Balaban J connectivity index is 3.00. The van der Waals surface area contributed by atoms with Gasteiger partial charge in [-0.15, -0.1) is 0 Å². The summed E-state index contributed by atoms with van der Waals surface area (Å²) in [5.74, 6) is -0.497. The molecule has 1 aromatic rings. The standard InChI is InChI=1S/C9H10FIO3S/c1-15(13,14)9(11)8(12)6-3-2-4-7(10)5-6/h2-5,8-9,12H,1H3/t8-,9+/m0/s1. The van der Waals surface area contributed by atoms with Crippen molar-refractivity contribution in [2.45, 2.75) is 9.36 Å². The van der Waals surface area contributed by atoms with Crippen molar-refractivity contribution < 1.29 is 17.9 Å². The van der Waals surface area contributed by atoms with Crippen LogP contribution in [-0.2, 0) is 9.84 Å². The molecule has 0 saturated carbocycles. The SMILES string of the molecule is CS(=O)(=O)[C@@H](I)[C@@H](O)c1cccc(F)c1. The fourth-order valence-corrected chi connectivity index (χ4v) is 2.12. The average Bonchev–Trinajstić information content (AvgIpc) is 2.14. The quantitative estimate of drug-likeness (QED) is 0.670. The molecule has 0 radical (unpaired) electrons. The number of aliphatic hydroxyl groups is 1. The van der Waals surface area contributed by atoms with E-state index in [4.69, 9.17) is 0 Å². The summed E-state index contributed by atoms with van der Waals surface area (Å²) in [7, 11) is -3.35. The molecule has 0 unspecified atom stereocenters. The molecule has 84 valence electrons. The molecule has 0 aliphatic carbocycles. The molecular weight excluding hydrogens is 334 g/mol. The van der Waals surface area contributed by atoms with Gasteiger partial charge >= 0.3 is 0 Å². The number of hydrogen-bond donors (Lipinski definition) is 1. The molecule has 1 rings (SSSR count). The Morgan fingerprint density at radius 2 is 2.07 bits per heavy atom. The minimum atomic E-state index is -3.35. The average molecular weight is 344 g/mol. The van der Waals surface area contributed by atoms with Crippen LogP contribution in [-0.4, -0.2) is 23.0 Å². The number of aliphatic hydroxyl groups excluding tert-OH is 1. The molecule has 0 aromatic heterocycles. The van der Waals surface area contributed by atoms with Crippen LogP contribution in [0.3, 0.4) is 0 Å². The minimum absolute atomic E-state index is 0.264. The fourth-order valence-electron chi connectivity index (χ4n) is 1.08. The lowest BCUT2D eigenvalue weighted by atomic mass is 10.1. The predicted molar refractivity (Wildman–Crippen MR) is 64.0 cm³/mol. The van der Waals surface area contributed by atoms with E-state index in [-0.39, 0.29) is 5.56 Å². The van der Waals surface area contributed by atoms with Gasteiger partial charge in [-0.1, -0.05) is 34.7 Å². The zero-order valence-corrected chi connectivity index (χ0v) is 10.9. The Labute approximate surface area is 101 Å². The highest BCUT2D eigenvalue weighted by molar-refractivity contribution is 14.1. The van der Waals surface area contributed by atoms with Gasteiger partial charge in [0.05, 0.1) is 0 Å². The molecule has 0 amide bonds. The summed E-state index contributed by atoms with van der Waals surface area (Å²) in [6.45, 7) is 0. The van der Waals surface area contributed by atoms with Gasteiger partial charge < -0.3 is 5.11 Å². The molecule has 1 aromatic carbocycles. The third-order valence-corrected chi connectivity index (χ3v) is 6.38. The van der Waals surface area contributed by atoms with Gasteiger partial charge in [0.2, 0.25) is 0 Å². The van der Waals surface area contributed by atoms with Crippen LogP contribution in [0.1, 0.15) is 11.7 Å². The van der Waals surface area contributed by atoms with Crippen molar-refractivity contribution >= 4 is 32.4 Å². The molecule has 0 spiro atoms. The van der Waals surface area contributed by atoms with E-state index < -0.39 is 25.0 Å². The molecule has 1 N–H and O–H groups in total. The Hall–Kier alpha value is -0.210. The van der Waals surface area contributed by atoms with Gasteiger partial charge in [0, 0.05) is 6.26 Å². The topological polar surface area (TPSA) is 54.4 Å². The third kappa shape index (κ3) is 3.39. The molecule has 0 heterocycles. The van der Waals surface area contributed by atoms with Crippen LogP contribution in [0.2, 0.25) is 0 Å². The van der Waals surface area contributed by atoms with Gasteiger partial charge in [0.15, 0.2) is 9.84 Å². The molecule has 0 aliphatic heterocycles. The van der Waals surface area contributed by atoms with Gasteiger partial charge in [0.25, 0.3) is 0 Å². The van der Waals surface area contributed by atoms with E-state index in [1.165, 1.54) is 18.2 Å². The van der Waals surface area contributed by atoms with Crippen molar-refractivity contribution in [3.8, 4) is 0 Å². The van der Waals surface area contributed by atoms with Gasteiger partial charge in [-0.2, -0.15) is 0 Å². The summed E-state index contributed by atoms with van der Waals surface area (Å²) in [6, 6.07) is 5.28. The second-order valence-electron chi connectivity index (χ2n) is 3.18. The van der Waals surface area contributed by atoms with E-state index in [1.807, 2.05) is 0 Å². The van der Waals surface area contributed by atoms with Crippen molar-refractivity contribution in [2.75, 3.05) is 6.26 Å². The third-order valence-electron chi connectivity index (χ3n) is 1.85. The Morgan fingerprint density at radius 1 is 1.47 bits per heavy atom. The lowest BCUT2D eigenvalue weighted by molar-refractivity contribution is 0.197. The van der Waals surface area contributed by atoms with E-state index >= 15 is 0 Å². The van der Waals surface area contributed by atoms with Crippen molar-refractivity contribution in [1.29, 1.82) is 0 Å². The van der Waals surface area contributed by atoms with Crippen LogP contribution in [0.25, 0.3) is 0 Å². The number of sulfone groups is 1. The zero-order chi connectivity index (χ0) is 11.6. The highest BCUT2D eigenvalue weighted by Gasteiger charge is 2.27. The van der Waals surface area contributed by atoms with Crippen LogP contribution in [0, 0.1) is 5.82 Å². The van der Waals surface area contributed by atoms with Gasteiger partial charge in [-0.3, -0.25) is 0 Å². The summed E-state index contributed by atoms with van der Waals surface area (Å²) in [5.41, 5.74) is 0.264. The molecule has 0 fully saturated rings. The fraction of sp³-hybridized carbons (Fsp3) is 0.333. The maximum atomic E-state index is 12.8. The van der Waals surface area contributed by atoms with Crippen LogP contribution in [0.15, 0.2) is 24.3 Å². The molecule has 3 nitrogen and oxygen atoms in total. The molecule has 0 saturated heterocycles. The van der Waals surface area contributed by atoms with E-state index in [1.54, 1.807) is 22.6 Å². The van der Waals surface area contributed by atoms with Crippen LogP contribution >= 0.6 is 22.6 Å². The smallest absolute Gasteiger partial charge is 0.162 e. The second-order valence-corrected chi connectivity index (χ2v) is 7.53. The van der Waals surface area contributed by atoms with Crippen LogP contribution < -0.4 is 0 Å². The number of hydrogen-bond acceptors (Lipinski definition) is 3. The molecule has 2 atom stereocenters. The molecule has 6 heteroatoms. The van der Waals surface area contributed by atoms with Crippen molar-refractivity contribution in [3.05, 3.63) is 35.6 Å². The first kappa shape index (κ1) is 12.9. The van der Waals surface area contributed by atoms with Crippen molar-refractivity contribution in [2.24, 2.45) is 0 Å². The summed E-state index contributed by atoms with van der Waals surface area (Å²) in [6.07, 6.45) is -0.177. The summed E-state index contributed by atoms with van der Waals surface area (Å²) in [5, 5.41) is 9.70. The number of halogens is 2. The first-order valence-corrected chi connectivity index (χ1v) is 7.29. The van der Waals surface area contributed by atoms with E-state index in [0.29, 0.717) is 0 Å². The van der Waals surface area contributed by atoms with Crippen molar-refractivity contribution in [1.82, 2.24) is 0 Å². The normalized spacial score (nSPS) is 16.0. The molecule has 15 heavy (non-hydrogen) atoms. The summed E-state index contributed by atoms with van der Waals surface area (Å²) < 4.78 is 34.2. The summed E-state index contributed by atoms with van der Waals surface area (Å²) >= 11 is 1.63. The summed E-state index contributed by atoms with van der Waals surface area (Å²) in [4.78, 5) is 0. The predicted octanol–water partition coefficient (Wildman–Crippen LogP) is 1.66. The highest BCUT2D eigenvalue weighted by atomic mass is 127. The molecular formula is C9H10FIO3S. The highest BCUT2D eigenvalue weighted by Crippen LogP contribution is 2.26. The number of alkyl halides is 1. The monoisotopic (exact) mass is 344 g/mol. The van der Waals surface area contributed by atoms with Gasteiger partial charge in [0.1, 0.15) is 15.2 Å². The van der Waals surface area contributed by atoms with E-state index in [2.05, 4.69) is 0 Å². The Kier molecular flexibility index (Phi) is 4.07. The van der Waals surface area contributed by atoms with E-state index in [9.17, 15) is 17.9 Å². The largest absolute Gasteiger partial charge is 0.386 e. The first-order chi connectivity index (χ1) is 6.82. The lowest BCUT2D eigenvalue weighted by Crippen LogP contribution is -2.21. The maximum Gasteiger partial charge on any atom is 0.162 e. The zero-order valence-electron chi connectivity index (χ0n) is 7.89. The Morgan fingerprint density at radius 3 is 2.53 bits per heavy atom. The number of rotatable bonds is 3. The number of benzene rings is 1.